The van der Waals surface area contributed by atoms with Gasteiger partial charge in [-0.05, 0) is 74.4 Å². The molecular weight excluding hydrogens is 488 g/mol. The lowest BCUT2D eigenvalue weighted by atomic mass is 9.84. The summed E-state index contributed by atoms with van der Waals surface area (Å²) in [7, 11) is -3.92. The summed E-state index contributed by atoms with van der Waals surface area (Å²) in [6, 6.07) is 12.3. The van der Waals surface area contributed by atoms with Gasteiger partial charge in [0.2, 0.25) is 21.8 Å². The van der Waals surface area contributed by atoms with E-state index in [4.69, 9.17) is 0 Å². The minimum absolute atomic E-state index is 0.127. The maximum atomic E-state index is 13.4. The van der Waals surface area contributed by atoms with Crippen LogP contribution in [0.1, 0.15) is 72.9 Å². The van der Waals surface area contributed by atoms with Crippen LogP contribution in [0.2, 0.25) is 0 Å². The number of nitrogens with zero attached hydrogens (tertiary/aromatic N) is 1. The number of benzene rings is 2. The molecule has 1 aliphatic carbocycles. The Kier molecular flexibility index (Phi) is 7.65. The molecule has 8 nitrogen and oxygen atoms in total. The predicted octanol–water partition coefficient (Wildman–Crippen LogP) is 2.88. The van der Waals surface area contributed by atoms with Crippen LogP contribution in [0.4, 0.5) is 0 Å². The third-order valence-electron chi connectivity index (χ3n) is 7.82. The smallest absolute Gasteiger partial charge is 0.243 e. The average Bonchev–Trinajstić information content (AvgIpc) is 2.90. The summed E-state index contributed by atoms with van der Waals surface area (Å²) < 4.78 is 27.9. The van der Waals surface area contributed by atoms with Crippen molar-refractivity contribution in [3.63, 3.8) is 0 Å². The summed E-state index contributed by atoms with van der Waals surface area (Å²) >= 11 is 0. The maximum absolute atomic E-state index is 13.4. The number of carbonyl (C=O) groups excluding carboxylic acids is 2. The molecule has 3 atom stereocenters. The normalized spacial score (nSPS) is 24.7. The maximum Gasteiger partial charge on any atom is 0.243 e. The predicted molar refractivity (Wildman–Crippen MR) is 141 cm³/mol. The Hall–Kier alpha value is -2.75. The van der Waals surface area contributed by atoms with Gasteiger partial charge >= 0.3 is 0 Å². The van der Waals surface area contributed by atoms with Gasteiger partial charge in [0.25, 0.3) is 0 Å². The van der Waals surface area contributed by atoms with Gasteiger partial charge in [-0.25, -0.2) is 8.42 Å². The molecule has 2 saturated heterocycles. The number of rotatable bonds is 6. The fraction of sp³-hybridized carbons (Fsp3) is 0.500. The van der Waals surface area contributed by atoms with Crippen LogP contribution < -0.4 is 16.0 Å². The summed E-state index contributed by atoms with van der Waals surface area (Å²) in [5.41, 5.74) is 4.64. The highest BCUT2D eigenvalue weighted by Crippen LogP contribution is 2.33. The van der Waals surface area contributed by atoms with Crippen LogP contribution in [0.15, 0.2) is 47.4 Å². The highest BCUT2D eigenvalue weighted by atomic mass is 32.2. The van der Waals surface area contributed by atoms with Crippen LogP contribution in [0.25, 0.3) is 0 Å². The Bertz CT molecular complexity index is 1260. The Balaban J connectivity index is 1.30. The number of carbonyl (C=O) groups is 2. The fourth-order valence-electron chi connectivity index (χ4n) is 5.79. The average molecular weight is 525 g/mol. The molecule has 0 aromatic heterocycles. The van der Waals surface area contributed by atoms with Crippen LogP contribution >= 0.6 is 0 Å². The van der Waals surface area contributed by atoms with Gasteiger partial charge in [0.15, 0.2) is 0 Å². The SMILES string of the molecule is Cc1ccc(S(=O)(=O)N2CCNC(=O)C2CC(=O)N[C@@H]2CCCc3cc([C@H]4CCCCN4)ccc32)cc1. The van der Waals surface area contributed by atoms with Gasteiger partial charge < -0.3 is 16.0 Å². The zero-order chi connectivity index (χ0) is 26.0. The molecule has 1 unspecified atom stereocenters. The molecule has 3 N–H and O–H groups in total. The second-order valence-corrected chi connectivity index (χ2v) is 12.3. The van der Waals surface area contributed by atoms with Crippen LogP contribution in [0.3, 0.4) is 0 Å². The first-order valence-electron chi connectivity index (χ1n) is 13.3. The summed E-state index contributed by atoms with van der Waals surface area (Å²) in [5.74, 6) is -0.757. The Morgan fingerprint density at radius 2 is 1.86 bits per heavy atom. The highest BCUT2D eigenvalue weighted by molar-refractivity contribution is 7.89. The zero-order valence-electron chi connectivity index (χ0n) is 21.3. The van der Waals surface area contributed by atoms with E-state index in [1.54, 1.807) is 24.3 Å². The van der Waals surface area contributed by atoms with E-state index in [0.717, 1.165) is 43.4 Å². The Morgan fingerprint density at radius 1 is 1.05 bits per heavy atom. The van der Waals surface area contributed by atoms with Gasteiger partial charge in [-0.1, -0.05) is 42.3 Å². The van der Waals surface area contributed by atoms with Crippen LogP contribution in [0.5, 0.6) is 0 Å². The van der Waals surface area contributed by atoms with Crippen molar-refractivity contribution < 1.29 is 18.0 Å². The largest absolute Gasteiger partial charge is 0.353 e. The minimum atomic E-state index is -3.92. The molecular formula is C28H36N4O4S. The standard InChI is InChI=1S/C28H36N4O4S/c1-19-8-11-22(12-9-19)37(35,36)32-16-15-30-28(34)26(32)18-27(33)31-25-7-4-5-20-17-21(10-13-23(20)25)24-6-2-3-14-29-24/h8-13,17,24-26,29H,2-7,14-16,18H2,1H3,(H,30,34)(H,31,33)/t24-,25-,26?/m1/s1. The number of fused-ring (bicyclic) bond motifs is 1. The first-order valence-corrected chi connectivity index (χ1v) is 14.8. The molecule has 0 radical (unpaired) electrons. The van der Waals surface area contributed by atoms with E-state index in [0.29, 0.717) is 6.04 Å². The molecule has 2 aromatic carbocycles. The van der Waals surface area contributed by atoms with Crippen molar-refractivity contribution in [3.8, 4) is 0 Å². The summed E-state index contributed by atoms with van der Waals surface area (Å²) in [6.07, 6.45) is 6.16. The lowest BCUT2D eigenvalue weighted by Gasteiger charge is -2.34. The van der Waals surface area contributed by atoms with Crippen molar-refractivity contribution in [2.45, 2.75) is 74.9 Å². The van der Waals surface area contributed by atoms with E-state index in [2.05, 4.69) is 34.1 Å². The van der Waals surface area contributed by atoms with Gasteiger partial charge in [0.1, 0.15) is 6.04 Å². The van der Waals surface area contributed by atoms with Crippen LogP contribution in [-0.4, -0.2) is 50.2 Å². The number of nitrogens with one attached hydrogen (secondary N) is 3. The van der Waals surface area contributed by atoms with Gasteiger partial charge in [0, 0.05) is 19.1 Å². The van der Waals surface area contributed by atoms with Crippen molar-refractivity contribution >= 4 is 21.8 Å². The zero-order valence-corrected chi connectivity index (χ0v) is 22.1. The van der Waals surface area contributed by atoms with Gasteiger partial charge in [0.05, 0.1) is 17.4 Å². The monoisotopic (exact) mass is 524 g/mol. The molecule has 9 heteroatoms. The van der Waals surface area contributed by atoms with Crippen molar-refractivity contribution in [3.05, 3.63) is 64.7 Å². The second kappa shape index (κ2) is 10.9. The van der Waals surface area contributed by atoms with E-state index in [-0.39, 0.29) is 36.4 Å². The number of hydrogen-bond donors (Lipinski definition) is 3. The number of piperidine rings is 1. The first kappa shape index (κ1) is 25.9. The Labute approximate surface area is 219 Å². The van der Waals surface area contributed by atoms with E-state index in [1.807, 2.05) is 6.92 Å². The van der Waals surface area contributed by atoms with Crippen molar-refractivity contribution in [2.24, 2.45) is 0 Å². The summed E-state index contributed by atoms with van der Waals surface area (Å²) in [4.78, 5) is 26.1. The summed E-state index contributed by atoms with van der Waals surface area (Å²) in [5, 5.41) is 9.44. The minimum Gasteiger partial charge on any atom is -0.353 e. The lowest BCUT2D eigenvalue weighted by molar-refractivity contribution is -0.132. The summed E-state index contributed by atoms with van der Waals surface area (Å²) in [6.45, 7) is 3.28. The van der Waals surface area contributed by atoms with E-state index >= 15 is 0 Å². The Morgan fingerprint density at radius 3 is 2.62 bits per heavy atom. The number of hydrogen-bond acceptors (Lipinski definition) is 5. The van der Waals surface area contributed by atoms with Crippen LogP contribution in [0, 0.1) is 6.92 Å². The number of piperazine rings is 1. The molecule has 0 saturated carbocycles. The number of aryl methyl sites for hydroxylation is 2. The molecule has 0 bridgehead atoms. The molecule has 2 aromatic rings. The van der Waals surface area contributed by atoms with Gasteiger partial charge in [-0.3, -0.25) is 9.59 Å². The molecule has 5 rings (SSSR count). The number of sulfonamides is 1. The second-order valence-electron chi connectivity index (χ2n) is 10.4. The third kappa shape index (κ3) is 5.58. The van der Waals surface area contributed by atoms with Crippen LogP contribution in [-0.2, 0) is 26.0 Å². The lowest BCUT2D eigenvalue weighted by Crippen LogP contribution is -2.58. The van der Waals surface area contributed by atoms with Crippen molar-refractivity contribution in [2.75, 3.05) is 19.6 Å². The fourth-order valence-corrected chi connectivity index (χ4v) is 7.38. The molecule has 2 aliphatic heterocycles. The van der Waals surface area contributed by atoms with Gasteiger partial charge in [-0.2, -0.15) is 4.31 Å². The molecule has 2 amide bonds. The molecule has 0 spiro atoms. The number of amides is 2. The third-order valence-corrected chi connectivity index (χ3v) is 9.74. The van der Waals surface area contributed by atoms with E-state index < -0.39 is 22.0 Å². The van der Waals surface area contributed by atoms with E-state index in [1.165, 1.54) is 28.3 Å². The molecule has 2 fully saturated rings. The van der Waals surface area contributed by atoms with Gasteiger partial charge in [-0.15, -0.1) is 0 Å². The molecule has 2 heterocycles. The van der Waals surface area contributed by atoms with Crippen molar-refractivity contribution in [1.29, 1.82) is 0 Å². The first-order chi connectivity index (χ1) is 17.8. The molecule has 3 aliphatic rings. The molecule has 37 heavy (non-hydrogen) atoms. The topological polar surface area (TPSA) is 108 Å². The van der Waals surface area contributed by atoms with Crippen molar-refractivity contribution in [1.82, 2.24) is 20.3 Å². The van der Waals surface area contributed by atoms with E-state index in [9.17, 15) is 18.0 Å². The quantitative estimate of drug-likeness (QED) is 0.539. The molecule has 198 valence electrons. The highest BCUT2D eigenvalue weighted by Gasteiger charge is 2.40.